The van der Waals surface area contributed by atoms with E-state index in [1.807, 2.05) is 0 Å². The maximum Gasteiger partial charge on any atom is 0.234 e. The molecule has 0 N–H and O–H groups in total. The zero-order valence-corrected chi connectivity index (χ0v) is 11.8. The first kappa shape index (κ1) is 15.2. The van der Waals surface area contributed by atoms with Crippen LogP contribution in [0.25, 0.3) is 0 Å². The standard InChI is InChI=1S/C11H21ClO4S/c1-10-3-2-4-11(9-10)16-6-5-15-7-8-17(12,13)14/h10-11H,2-9H2,1H3. The minimum atomic E-state index is -3.43. The molecule has 1 rings (SSSR count). The van der Waals surface area contributed by atoms with Gasteiger partial charge in [-0.2, -0.15) is 0 Å². The number of halogens is 1. The van der Waals surface area contributed by atoms with E-state index in [9.17, 15) is 8.42 Å². The summed E-state index contributed by atoms with van der Waals surface area (Å²) in [6.45, 7) is 3.34. The first-order chi connectivity index (χ1) is 7.97. The van der Waals surface area contributed by atoms with Gasteiger partial charge in [0.2, 0.25) is 9.05 Å². The van der Waals surface area contributed by atoms with E-state index in [1.165, 1.54) is 12.8 Å². The molecule has 1 fully saturated rings. The smallest absolute Gasteiger partial charge is 0.234 e. The summed E-state index contributed by atoms with van der Waals surface area (Å²) >= 11 is 0. The van der Waals surface area contributed by atoms with Crippen LogP contribution in [0.4, 0.5) is 0 Å². The van der Waals surface area contributed by atoms with Crippen LogP contribution in [-0.4, -0.2) is 40.1 Å². The Morgan fingerprint density at radius 3 is 2.65 bits per heavy atom. The van der Waals surface area contributed by atoms with Crippen molar-refractivity contribution in [2.75, 3.05) is 25.6 Å². The third-order valence-electron chi connectivity index (χ3n) is 2.94. The maximum absolute atomic E-state index is 10.6. The van der Waals surface area contributed by atoms with E-state index in [4.69, 9.17) is 20.2 Å². The Morgan fingerprint density at radius 2 is 2.00 bits per heavy atom. The Morgan fingerprint density at radius 1 is 1.24 bits per heavy atom. The molecule has 6 heteroatoms. The van der Waals surface area contributed by atoms with Crippen LogP contribution in [0.2, 0.25) is 0 Å². The zero-order chi connectivity index (χ0) is 12.7. The van der Waals surface area contributed by atoms with Crippen LogP contribution in [0.15, 0.2) is 0 Å². The van der Waals surface area contributed by atoms with E-state index in [-0.39, 0.29) is 12.4 Å². The predicted molar refractivity (Wildman–Crippen MR) is 67.8 cm³/mol. The second-order valence-corrected chi connectivity index (χ2v) is 7.52. The largest absolute Gasteiger partial charge is 0.378 e. The summed E-state index contributed by atoms with van der Waals surface area (Å²) in [5, 5.41) is 0. The van der Waals surface area contributed by atoms with Crippen LogP contribution in [0.5, 0.6) is 0 Å². The van der Waals surface area contributed by atoms with Gasteiger partial charge in [-0.15, -0.1) is 0 Å². The minimum absolute atomic E-state index is 0.135. The molecule has 0 heterocycles. The molecule has 0 aromatic rings. The molecule has 0 spiro atoms. The van der Waals surface area contributed by atoms with E-state index < -0.39 is 9.05 Å². The molecular weight excluding hydrogens is 264 g/mol. The van der Waals surface area contributed by atoms with Gasteiger partial charge < -0.3 is 9.47 Å². The van der Waals surface area contributed by atoms with Crippen LogP contribution in [-0.2, 0) is 18.5 Å². The van der Waals surface area contributed by atoms with E-state index in [1.54, 1.807) is 0 Å². The molecule has 0 saturated heterocycles. The van der Waals surface area contributed by atoms with E-state index >= 15 is 0 Å². The normalized spacial score (nSPS) is 26.0. The molecule has 2 unspecified atom stereocenters. The highest BCUT2D eigenvalue weighted by Gasteiger charge is 2.18. The molecular formula is C11H21ClO4S. The molecule has 0 aliphatic heterocycles. The third kappa shape index (κ3) is 7.97. The Kier molecular flexibility index (Phi) is 6.77. The van der Waals surface area contributed by atoms with Gasteiger partial charge in [-0.1, -0.05) is 19.8 Å². The van der Waals surface area contributed by atoms with Gasteiger partial charge >= 0.3 is 0 Å². The van der Waals surface area contributed by atoms with Crippen LogP contribution in [0, 0.1) is 5.92 Å². The van der Waals surface area contributed by atoms with Crippen molar-refractivity contribution in [3.8, 4) is 0 Å². The summed E-state index contributed by atoms with van der Waals surface area (Å²) in [7, 11) is 1.61. The van der Waals surface area contributed by atoms with Crippen molar-refractivity contribution in [2.45, 2.75) is 38.7 Å². The fraction of sp³-hybridized carbons (Fsp3) is 1.00. The SMILES string of the molecule is CC1CCCC(OCCOCCS(=O)(=O)Cl)C1. The molecule has 0 radical (unpaired) electrons. The first-order valence-corrected chi connectivity index (χ1v) is 8.57. The third-order valence-corrected chi connectivity index (χ3v) is 4.06. The summed E-state index contributed by atoms with van der Waals surface area (Å²) in [6, 6.07) is 0. The van der Waals surface area contributed by atoms with Gasteiger partial charge in [-0.3, -0.25) is 0 Å². The molecule has 17 heavy (non-hydrogen) atoms. The van der Waals surface area contributed by atoms with Crippen LogP contribution >= 0.6 is 10.7 Å². The number of rotatable bonds is 7. The maximum atomic E-state index is 10.6. The highest BCUT2D eigenvalue weighted by molar-refractivity contribution is 8.13. The Hall–Kier alpha value is 0.160. The topological polar surface area (TPSA) is 52.6 Å². The van der Waals surface area contributed by atoms with Gasteiger partial charge in [0.15, 0.2) is 0 Å². The number of hydrogen-bond donors (Lipinski definition) is 0. The van der Waals surface area contributed by atoms with Gasteiger partial charge in [0.25, 0.3) is 0 Å². The lowest BCUT2D eigenvalue weighted by Crippen LogP contribution is -2.23. The molecule has 4 nitrogen and oxygen atoms in total. The summed E-state index contributed by atoms with van der Waals surface area (Å²) < 4.78 is 32.0. The zero-order valence-electron chi connectivity index (χ0n) is 10.2. The van der Waals surface area contributed by atoms with Gasteiger partial charge in [-0.05, 0) is 18.8 Å². The van der Waals surface area contributed by atoms with Gasteiger partial charge in [0, 0.05) is 10.7 Å². The van der Waals surface area contributed by atoms with E-state index in [2.05, 4.69) is 6.92 Å². The number of hydrogen-bond acceptors (Lipinski definition) is 4. The quantitative estimate of drug-likeness (QED) is 0.531. The highest BCUT2D eigenvalue weighted by atomic mass is 35.7. The predicted octanol–water partition coefficient (Wildman–Crippen LogP) is 2.17. The molecule has 0 aromatic heterocycles. The van der Waals surface area contributed by atoms with Crippen molar-refractivity contribution in [3.05, 3.63) is 0 Å². The molecule has 0 bridgehead atoms. The summed E-state index contributed by atoms with van der Waals surface area (Å²) in [5.41, 5.74) is 0. The van der Waals surface area contributed by atoms with Gasteiger partial charge in [0.1, 0.15) is 0 Å². The monoisotopic (exact) mass is 284 g/mol. The lowest BCUT2D eigenvalue weighted by atomic mass is 9.89. The molecule has 1 aliphatic carbocycles. The second-order valence-electron chi connectivity index (χ2n) is 4.62. The Balaban J connectivity index is 1.97. The van der Waals surface area contributed by atoms with Crippen molar-refractivity contribution >= 4 is 19.7 Å². The summed E-state index contributed by atoms with van der Waals surface area (Å²) in [6.07, 6.45) is 5.12. The fourth-order valence-electron chi connectivity index (χ4n) is 2.06. The summed E-state index contributed by atoms with van der Waals surface area (Å²) in [5.74, 6) is 0.603. The average molecular weight is 285 g/mol. The first-order valence-electron chi connectivity index (χ1n) is 6.09. The van der Waals surface area contributed by atoms with Crippen molar-refractivity contribution in [1.29, 1.82) is 0 Å². The molecule has 0 aromatic carbocycles. The van der Waals surface area contributed by atoms with E-state index in [0.717, 1.165) is 18.8 Å². The van der Waals surface area contributed by atoms with Crippen molar-refractivity contribution < 1.29 is 17.9 Å². The van der Waals surface area contributed by atoms with Crippen molar-refractivity contribution in [3.63, 3.8) is 0 Å². The van der Waals surface area contributed by atoms with Gasteiger partial charge in [0.05, 0.1) is 31.7 Å². The van der Waals surface area contributed by atoms with E-state index in [0.29, 0.717) is 19.3 Å². The Bertz CT molecular complexity index is 305. The molecule has 1 aliphatic rings. The van der Waals surface area contributed by atoms with Crippen LogP contribution < -0.4 is 0 Å². The molecule has 102 valence electrons. The second kappa shape index (κ2) is 7.56. The summed E-state index contributed by atoms with van der Waals surface area (Å²) in [4.78, 5) is 0. The average Bonchev–Trinajstić information content (AvgIpc) is 2.22. The molecule has 2 atom stereocenters. The fourth-order valence-corrected chi connectivity index (χ4v) is 2.57. The minimum Gasteiger partial charge on any atom is -0.378 e. The van der Waals surface area contributed by atoms with Crippen molar-refractivity contribution in [2.24, 2.45) is 5.92 Å². The van der Waals surface area contributed by atoms with Crippen LogP contribution in [0.1, 0.15) is 32.6 Å². The number of ether oxygens (including phenoxy) is 2. The molecule has 0 amide bonds. The Labute approximate surface area is 108 Å². The lowest BCUT2D eigenvalue weighted by Gasteiger charge is -2.26. The molecule has 1 saturated carbocycles. The van der Waals surface area contributed by atoms with Gasteiger partial charge in [-0.25, -0.2) is 8.42 Å². The highest BCUT2D eigenvalue weighted by Crippen LogP contribution is 2.25. The lowest BCUT2D eigenvalue weighted by molar-refractivity contribution is -0.0160. The van der Waals surface area contributed by atoms with Crippen LogP contribution in [0.3, 0.4) is 0 Å². The van der Waals surface area contributed by atoms with Crippen molar-refractivity contribution in [1.82, 2.24) is 0 Å².